The molecule has 6 nitrogen and oxygen atoms in total. The molecule has 0 atom stereocenters. The van der Waals surface area contributed by atoms with Gasteiger partial charge in [-0.25, -0.2) is 15.0 Å². The van der Waals surface area contributed by atoms with Crippen LogP contribution in [-0.2, 0) is 6.54 Å². The van der Waals surface area contributed by atoms with E-state index in [1.807, 2.05) is 19.1 Å². The lowest BCUT2D eigenvalue weighted by molar-refractivity contribution is 0.397. The van der Waals surface area contributed by atoms with Gasteiger partial charge in [0.15, 0.2) is 11.6 Å². The molecule has 0 saturated carbocycles. The smallest absolute Gasteiger partial charge is 0.213 e. The van der Waals surface area contributed by atoms with Crippen LogP contribution in [0.15, 0.2) is 24.7 Å². The lowest BCUT2D eigenvalue weighted by atomic mass is 10.2. The number of pyridine rings is 1. The third kappa shape index (κ3) is 3.09. The quantitative estimate of drug-likeness (QED) is 0.884. The van der Waals surface area contributed by atoms with E-state index in [-0.39, 0.29) is 0 Å². The van der Waals surface area contributed by atoms with Crippen molar-refractivity contribution in [2.24, 2.45) is 0 Å². The van der Waals surface area contributed by atoms with Crippen LogP contribution in [0.25, 0.3) is 0 Å². The van der Waals surface area contributed by atoms with Crippen molar-refractivity contribution in [3.8, 4) is 11.6 Å². The van der Waals surface area contributed by atoms with E-state index >= 15 is 0 Å². The molecule has 0 spiro atoms. The fourth-order valence-corrected chi connectivity index (χ4v) is 1.69. The van der Waals surface area contributed by atoms with Crippen LogP contribution in [0.4, 0.5) is 5.82 Å². The predicted molar refractivity (Wildman–Crippen MR) is 71.4 cm³/mol. The van der Waals surface area contributed by atoms with Crippen LogP contribution < -0.4 is 14.8 Å². The largest absolute Gasteiger partial charge is 0.491 e. The van der Waals surface area contributed by atoms with Gasteiger partial charge in [-0.2, -0.15) is 0 Å². The van der Waals surface area contributed by atoms with Gasteiger partial charge >= 0.3 is 0 Å². The van der Waals surface area contributed by atoms with E-state index in [1.54, 1.807) is 20.4 Å². The van der Waals surface area contributed by atoms with Crippen molar-refractivity contribution >= 4 is 5.82 Å². The zero-order chi connectivity index (χ0) is 13.7. The number of nitrogens with zero attached hydrogens (tertiary/aromatic N) is 3. The van der Waals surface area contributed by atoms with Gasteiger partial charge in [0.1, 0.15) is 6.33 Å². The number of anilines is 1. The Hall–Kier alpha value is -2.37. The number of methoxy groups -OCH3 is 2. The molecule has 2 aromatic rings. The standard InChI is InChI=1S/C13H16N4O2/c1-9-12(19-3)13(17-8-16-9)15-7-10-4-5-14-11(6-10)18-2/h4-6,8H,7H2,1-3H3,(H,15,16,17). The maximum atomic E-state index is 5.28. The molecule has 0 aliphatic rings. The van der Waals surface area contributed by atoms with Crippen molar-refractivity contribution < 1.29 is 9.47 Å². The highest BCUT2D eigenvalue weighted by atomic mass is 16.5. The molecule has 0 radical (unpaired) electrons. The summed E-state index contributed by atoms with van der Waals surface area (Å²) in [6.07, 6.45) is 3.21. The van der Waals surface area contributed by atoms with Gasteiger partial charge in [-0.05, 0) is 18.6 Å². The average Bonchev–Trinajstić information content (AvgIpc) is 2.45. The fraction of sp³-hybridized carbons (Fsp3) is 0.308. The van der Waals surface area contributed by atoms with Crippen molar-refractivity contribution in [2.45, 2.75) is 13.5 Å². The van der Waals surface area contributed by atoms with Crippen LogP contribution in [0.2, 0.25) is 0 Å². The zero-order valence-corrected chi connectivity index (χ0v) is 11.2. The highest BCUT2D eigenvalue weighted by Crippen LogP contribution is 2.24. The average molecular weight is 260 g/mol. The monoisotopic (exact) mass is 260 g/mol. The van der Waals surface area contributed by atoms with Gasteiger partial charge in [-0.1, -0.05) is 0 Å². The number of rotatable bonds is 5. The third-order valence-electron chi connectivity index (χ3n) is 2.65. The molecule has 0 aliphatic heterocycles. The van der Waals surface area contributed by atoms with Crippen molar-refractivity contribution in [2.75, 3.05) is 19.5 Å². The molecule has 0 aliphatic carbocycles. The Morgan fingerprint density at radius 3 is 2.74 bits per heavy atom. The number of nitrogens with one attached hydrogen (secondary N) is 1. The molecule has 2 rings (SSSR count). The molecule has 0 fully saturated rings. The molecular formula is C13H16N4O2. The van der Waals surface area contributed by atoms with Crippen molar-refractivity contribution in [3.63, 3.8) is 0 Å². The highest BCUT2D eigenvalue weighted by molar-refractivity contribution is 5.51. The van der Waals surface area contributed by atoms with Crippen molar-refractivity contribution in [3.05, 3.63) is 35.9 Å². The van der Waals surface area contributed by atoms with Crippen LogP contribution in [0.3, 0.4) is 0 Å². The molecule has 0 bridgehead atoms. The normalized spacial score (nSPS) is 10.1. The molecule has 0 saturated heterocycles. The minimum absolute atomic E-state index is 0.588. The second-order valence-electron chi connectivity index (χ2n) is 3.90. The number of hydrogen-bond acceptors (Lipinski definition) is 6. The number of aromatic nitrogens is 3. The van der Waals surface area contributed by atoms with E-state index in [0.717, 1.165) is 11.3 Å². The molecule has 0 amide bonds. The summed E-state index contributed by atoms with van der Waals surface area (Å²) in [4.78, 5) is 12.3. The van der Waals surface area contributed by atoms with Gasteiger partial charge in [0.05, 0.1) is 19.9 Å². The van der Waals surface area contributed by atoms with E-state index in [2.05, 4.69) is 20.3 Å². The summed E-state index contributed by atoms with van der Waals surface area (Å²) in [5, 5.41) is 3.21. The molecule has 19 heavy (non-hydrogen) atoms. The number of hydrogen-bond donors (Lipinski definition) is 1. The SMILES string of the molecule is COc1cc(CNc2ncnc(C)c2OC)ccn1. The van der Waals surface area contributed by atoms with Crippen LogP contribution in [0.1, 0.15) is 11.3 Å². The summed E-state index contributed by atoms with van der Waals surface area (Å²) in [5.74, 6) is 1.92. The van der Waals surface area contributed by atoms with Crippen LogP contribution >= 0.6 is 0 Å². The summed E-state index contributed by atoms with van der Waals surface area (Å²) < 4.78 is 10.4. The summed E-state index contributed by atoms with van der Waals surface area (Å²) >= 11 is 0. The Morgan fingerprint density at radius 1 is 1.16 bits per heavy atom. The van der Waals surface area contributed by atoms with Crippen LogP contribution in [-0.4, -0.2) is 29.2 Å². The van der Waals surface area contributed by atoms with Crippen LogP contribution in [0.5, 0.6) is 11.6 Å². The maximum Gasteiger partial charge on any atom is 0.213 e. The second-order valence-corrected chi connectivity index (χ2v) is 3.90. The maximum absolute atomic E-state index is 5.28. The minimum Gasteiger partial charge on any atom is -0.491 e. The van der Waals surface area contributed by atoms with Gasteiger partial charge in [0.2, 0.25) is 5.88 Å². The molecule has 2 heterocycles. The van der Waals surface area contributed by atoms with Gasteiger partial charge in [0, 0.05) is 18.8 Å². The Kier molecular flexibility index (Phi) is 4.12. The second kappa shape index (κ2) is 5.99. The summed E-state index contributed by atoms with van der Waals surface area (Å²) in [7, 11) is 3.20. The summed E-state index contributed by atoms with van der Waals surface area (Å²) in [5.41, 5.74) is 1.84. The van der Waals surface area contributed by atoms with Crippen LogP contribution in [0, 0.1) is 6.92 Å². The molecular weight excluding hydrogens is 244 g/mol. The first-order valence-corrected chi connectivity index (χ1v) is 5.83. The molecule has 0 unspecified atom stereocenters. The third-order valence-corrected chi connectivity index (χ3v) is 2.65. The lowest BCUT2D eigenvalue weighted by Crippen LogP contribution is -2.05. The molecule has 2 aromatic heterocycles. The van der Waals surface area contributed by atoms with Gasteiger partial charge in [0.25, 0.3) is 0 Å². The predicted octanol–water partition coefficient (Wildman–Crippen LogP) is 1.81. The van der Waals surface area contributed by atoms with E-state index < -0.39 is 0 Å². The minimum atomic E-state index is 0.588. The highest BCUT2D eigenvalue weighted by Gasteiger charge is 2.08. The summed E-state index contributed by atoms with van der Waals surface area (Å²) in [6.45, 7) is 2.48. The van der Waals surface area contributed by atoms with E-state index in [0.29, 0.717) is 24.0 Å². The Morgan fingerprint density at radius 2 is 2.00 bits per heavy atom. The Labute approximate surface area is 111 Å². The van der Waals surface area contributed by atoms with E-state index in [1.165, 1.54) is 6.33 Å². The van der Waals surface area contributed by atoms with Gasteiger partial charge < -0.3 is 14.8 Å². The topological polar surface area (TPSA) is 69.2 Å². The number of aryl methyl sites for hydroxylation is 1. The Bertz CT molecular complexity index is 560. The molecule has 6 heteroatoms. The zero-order valence-electron chi connectivity index (χ0n) is 11.2. The first-order valence-electron chi connectivity index (χ1n) is 5.83. The van der Waals surface area contributed by atoms with E-state index in [4.69, 9.17) is 9.47 Å². The lowest BCUT2D eigenvalue weighted by Gasteiger charge is -2.11. The van der Waals surface area contributed by atoms with E-state index in [9.17, 15) is 0 Å². The van der Waals surface area contributed by atoms with Crippen molar-refractivity contribution in [1.29, 1.82) is 0 Å². The first kappa shape index (κ1) is 13.1. The van der Waals surface area contributed by atoms with Gasteiger partial charge in [-0.3, -0.25) is 0 Å². The summed E-state index contributed by atoms with van der Waals surface area (Å²) in [6, 6.07) is 3.78. The Balaban J connectivity index is 2.12. The van der Waals surface area contributed by atoms with Crippen molar-refractivity contribution in [1.82, 2.24) is 15.0 Å². The van der Waals surface area contributed by atoms with Gasteiger partial charge in [-0.15, -0.1) is 0 Å². The number of ether oxygens (including phenoxy) is 2. The first-order chi connectivity index (χ1) is 9.24. The molecule has 1 N–H and O–H groups in total. The molecule has 0 aromatic carbocycles. The molecule has 100 valence electrons. The fourth-order valence-electron chi connectivity index (χ4n) is 1.69.